The highest BCUT2D eigenvalue weighted by atomic mass is 32.2. The van der Waals surface area contributed by atoms with Gasteiger partial charge in [-0.15, -0.1) is 0 Å². The summed E-state index contributed by atoms with van der Waals surface area (Å²) in [5, 5.41) is 0. The number of hydrogen-bond acceptors (Lipinski definition) is 5. The van der Waals surface area contributed by atoms with Crippen LogP contribution in [-0.2, 0) is 19.6 Å². The second kappa shape index (κ2) is 6.37. The molecule has 1 aromatic carbocycles. The predicted octanol–water partition coefficient (Wildman–Crippen LogP) is 3.00. The standard InChI is InChI=1S/C19H25NO5S/c1-4-25-17(22)13-5-7-15(8-6-13)20-26(23,24)12-19-10-9-14(11-16(19)21)18(19,2)3/h5-8,14,20H,4,9-12H2,1-3H3/t14-,19+/m0/s1. The number of benzene rings is 1. The van der Waals surface area contributed by atoms with Crippen LogP contribution < -0.4 is 4.72 Å². The molecule has 0 unspecified atom stereocenters. The van der Waals surface area contributed by atoms with Crippen LogP contribution in [0.2, 0.25) is 0 Å². The fraction of sp³-hybridized carbons (Fsp3) is 0.579. The highest BCUT2D eigenvalue weighted by Gasteiger charge is 2.65. The average molecular weight is 379 g/mol. The Morgan fingerprint density at radius 3 is 2.42 bits per heavy atom. The summed E-state index contributed by atoms with van der Waals surface area (Å²) in [6.07, 6.45) is 2.02. The Morgan fingerprint density at radius 2 is 1.92 bits per heavy atom. The number of ketones is 1. The first-order valence-electron chi connectivity index (χ1n) is 8.92. The summed E-state index contributed by atoms with van der Waals surface area (Å²) < 4.78 is 32.9. The van der Waals surface area contributed by atoms with Crippen molar-refractivity contribution in [2.75, 3.05) is 17.1 Å². The van der Waals surface area contributed by atoms with Gasteiger partial charge < -0.3 is 4.74 Å². The van der Waals surface area contributed by atoms with Crippen LogP contribution in [0.3, 0.4) is 0 Å². The molecule has 1 aromatic rings. The molecule has 2 bridgehead atoms. The van der Waals surface area contributed by atoms with Crippen LogP contribution in [0.5, 0.6) is 0 Å². The Hall–Kier alpha value is -1.89. The minimum absolute atomic E-state index is 0.0711. The molecule has 2 aliphatic carbocycles. The molecule has 7 heteroatoms. The van der Waals surface area contributed by atoms with E-state index < -0.39 is 21.4 Å². The zero-order valence-electron chi connectivity index (χ0n) is 15.4. The van der Waals surface area contributed by atoms with E-state index in [1.165, 1.54) is 24.3 Å². The third-order valence-corrected chi connectivity index (χ3v) is 7.66. The first-order valence-corrected chi connectivity index (χ1v) is 10.6. The highest BCUT2D eigenvalue weighted by molar-refractivity contribution is 7.92. The van der Waals surface area contributed by atoms with Gasteiger partial charge in [-0.25, -0.2) is 13.2 Å². The Labute approximate surface area is 154 Å². The van der Waals surface area contributed by atoms with Gasteiger partial charge in [0.2, 0.25) is 10.0 Å². The van der Waals surface area contributed by atoms with Gasteiger partial charge in [0.15, 0.2) is 0 Å². The number of esters is 1. The molecule has 2 aliphatic rings. The van der Waals surface area contributed by atoms with E-state index >= 15 is 0 Å². The summed E-state index contributed by atoms with van der Waals surface area (Å²) in [6, 6.07) is 6.09. The number of rotatable bonds is 6. The number of anilines is 1. The minimum Gasteiger partial charge on any atom is -0.462 e. The van der Waals surface area contributed by atoms with Crippen LogP contribution >= 0.6 is 0 Å². The number of nitrogens with one attached hydrogen (secondary N) is 1. The second-order valence-electron chi connectivity index (χ2n) is 7.83. The fourth-order valence-corrected chi connectivity index (χ4v) is 6.43. The number of carbonyl (C=O) groups is 2. The van der Waals surface area contributed by atoms with Crippen molar-refractivity contribution >= 4 is 27.5 Å². The third-order valence-electron chi connectivity index (χ3n) is 6.24. The average Bonchev–Trinajstić information content (AvgIpc) is 2.89. The lowest BCUT2D eigenvalue weighted by molar-refractivity contribution is -0.128. The van der Waals surface area contributed by atoms with Crippen LogP contribution in [-0.4, -0.2) is 32.5 Å². The molecule has 0 heterocycles. The molecule has 0 amide bonds. The van der Waals surface area contributed by atoms with Gasteiger partial charge in [0.05, 0.1) is 23.3 Å². The molecule has 1 N–H and O–H groups in total. The van der Waals surface area contributed by atoms with Gasteiger partial charge in [-0.3, -0.25) is 9.52 Å². The maximum Gasteiger partial charge on any atom is 0.338 e. The largest absolute Gasteiger partial charge is 0.462 e. The Balaban J connectivity index is 1.76. The monoisotopic (exact) mass is 379 g/mol. The highest BCUT2D eigenvalue weighted by Crippen LogP contribution is 2.64. The lowest BCUT2D eigenvalue weighted by atomic mass is 9.70. The third kappa shape index (κ3) is 3.02. The van der Waals surface area contributed by atoms with Gasteiger partial charge in [-0.2, -0.15) is 0 Å². The van der Waals surface area contributed by atoms with E-state index in [0.717, 1.165) is 6.42 Å². The first kappa shape index (κ1) is 18.9. The van der Waals surface area contributed by atoms with E-state index in [0.29, 0.717) is 24.1 Å². The SMILES string of the molecule is CCOC(=O)c1ccc(NS(=O)(=O)C[C@]23CC[C@@H](CC2=O)C3(C)C)cc1. The van der Waals surface area contributed by atoms with Crippen molar-refractivity contribution in [3.8, 4) is 0 Å². The molecule has 6 nitrogen and oxygen atoms in total. The summed E-state index contributed by atoms with van der Waals surface area (Å²) >= 11 is 0. The van der Waals surface area contributed by atoms with Crippen molar-refractivity contribution in [2.45, 2.75) is 40.0 Å². The van der Waals surface area contributed by atoms with E-state index in [1.54, 1.807) is 6.92 Å². The van der Waals surface area contributed by atoms with Gasteiger partial charge in [0.1, 0.15) is 5.78 Å². The summed E-state index contributed by atoms with van der Waals surface area (Å²) in [4.78, 5) is 24.2. The molecule has 2 atom stereocenters. The van der Waals surface area contributed by atoms with Gasteiger partial charge >= 0.3 is 5.97 Å². The van der Waals surface area contributed by atoms with Crippen molar-refractivity contribution in [3.63, 3.8) is 0 Å². The van der Waals surface area contributed by atoms with Gasteiger partial charge in [0.25, 0.3) is 0 Å². The van der Waals surface area contributed by atoms with Gasteiger partial charge in [0, 0.05) is 12.1 Å². The van der Waals surface area contributed by atoms with E-state index in [4.69, 9.17) is 4.74 Å². The van der Waals surface area contributed by atoms with Crippen LogP contribution in [0.1, 0.15) is 50.4 Å². The molecule has 2 fully saturated rings. The smallest absolute Gasteiger partial charge is 0.338 e. The van der Waals surface area contributed by atoms with Crippen molar-refractivity contribution in [1.29, 1.82) is 0 Å². The maximum absolute atomic E-state index is 12.7. The van der Waals surface area contributed by atoms with Crippen molar-refractivity contribution in [2.24, 2.45) is 16.7 Å². The molecule has 26 heavy (non-hydrogen) atoms. The second-order valence-corrected chi connectivity index (χ2v) is 9.55. The number of Topliss-reactive ketones (excluding diaryl/α,β-unsaturated/α-hetero) is 1. The molecule has 0 saturated heterocycles. The van der Waals surface area contributed by atoms with Crippen LogP contribution in [0, 0.1) is 16.7 Å². The summed E-state index contributed by atoms with van der Waals surface area (Å²) in [7, 11) is -3.70. The number of fused-ring (bicyclic) bond motifs is 2. The number of ether oxygens (including phenoxy) is 1. The topological polar surface area (TPSA) is 89.5 Å². The molecule has 0 radical (unpaired) electrons. The lowest BCUT2D eigenvalue weighted by Gasteiger charge is -2.36. The molecular formula is C19H25NO5S. The number of carbonyl (C=O) groups excluding carboxylic acids is 2. The van der Waals surface area contributed by atoms with E-state index in [2.05, 4.69) is 4.72 Å². The maximum atomic E-state index is 12.7. The number of sulfonamides is 1. The van der Waals surface area contributed by atoms with Gasteiger partial charge in [-0.1, -0.05) is 13.8 Å². The molecule has 0 spiro atoms. The van der Waals surface area contributed by atoms with E-state index in [-0.39, 0.29) is 29.5 Å². The molecule has 142 valence electrons. The Bertz CT molecular complexity index is 828. The molecular weight excluding hydrogens is 354 g/mol. The molecule has 0 aromatic heterocycles. The van der Waals surface area contributed by atoms with E-state index in [9.17, 15) is 18.0 Å². The summed E-state index contributed by atoms with van der Waals surface area (Å²) in [5.41, 5.74) is -0.368. The normalized spacial score (nSPS) is 26.7. The lowest BCUT2D eigenvalue weighted by Crippen LogP contribution is -2.43. The Morgan fingerprint density at radius 1 is 1.27 bits per heavy atom. The first-order chi connectivity index (χ1) is 12.1. The van der Waals surface area contributed by atoms with Gasteiger partial charge in [-0.05, 0) is 55.4 Å². The van der Waals surface area contributed by atoms with Crippen molar-refractivity contribution in [3.05, 3.63) is 29.8 Å². The molecule has 3 rings (SSSR count). The quantitative estimate of drug-likeness (QED) is 0.768. The van der Waals surface area contributed by atoms with Crippen LogP contribution in [0.15, 0.2) is 24.3 Å². The zero-order valence-corrected chi connectivity index (χ0v) is 16.2. The fourth-order valence-electron chi connectivity index (χ4n) is 4.54. The Kier molecular flexibility index (Phi) is 4.63. The number of hydrogen-bond donors (Lipinski definition) is 1. The summed E-state index contributed by atoms with van der Waals surface area (Å²) in [6.45, 7) is 6.03. The summed E-state index contributed by atoms with van der Waals surface area (Å²) in [5.74, 6) is -0.297. The van der Waals surface area contributed by atoms with Crippen LogP contribution in [0.4, 0.5) is 5.69 Å². The van der Waals surface area contributed by atoms with Crippen molar-refractivity contribution < 1.29 is 22.7 Å². The zero-order chi connectivity index (χ0) is 19.2. The molecule has 0 aliphatic heterocycles. The van der Waals surface area contributed by atoms with Crippen molar-refractivity contribution in [1.82, 2.24) is 0 Å². The van der Waals surface area contributed by atoms with Crippen LogP contribution in [0.25, 0.3) is 0 Å². The predicted molar refractivity (Wildman–Crippen MR) is 98.4 cm³/mol. The van der Waals surface area contributed by atoms with E-state index in [1.807, 2.05) is 13.8 Å². The molecule has 2 saturated carbocycles. The minimum atomic E-state index is -3.70.